The maximum atomic E-state index is 12.1. The lowest BCUT2D eigenvalue weighted by molar-refractivity contribution is -0.139. The molecule has 0 amide bonds. The van der Waals surface area contributed by atoms with Crippen LogP contribution >= 0.6 is 0 Å². The molecule has 0 fully saturated rings. The van der Waals surface area contributed by atoms with Gasteiger partial charge in [-0.05, 0) is 69.0 Å². The average molecular weight is 382 g/mol. The first-order chi connectivity index (χ1) is 13.6. The molecular weight excluding hydrogens is 356 g/mol. The van der Waals surface area contributed by atoms with E-state index in [9.17, 15) is 9.59 Å². The highest BCUT2D eigenvalue weighted by Gasteiger charge is 2.08. The minimum atomic E-state index is -0.398. The zero-order valence-corrected chi connectivity index (χ0v) is 16.2. The smallest absolute Gasteiger partial charge is 0.343 e. The highest BCUT2D eigenvalue weighted by atomic mass is 16.5. The first-order valence-electron chi connectivity index (χ1n) is 9.39. The lowest BCUT2D eigenvalue weighted by Gasteiger charge is -2.08. The fourth-order valence-corrected chi connectivity index (χ4v) is 2.38. The summed E-state index contributed by atoms with van der Waals surface area (Å²) < 4.78 is 16.0. The van der Waals surface area contributed by atoms with Gasteiger partial charge in [-0.2, -0.15) is 0 Å². The lowest BCUT2D eigenvalue weighted by Crippen LogP contribution is -2.08. The Hall–Kier alpha value is -3.08. The molecule has 0 aliphatic carbocycles. The molecule has 2 rings (SSSR count). The minimum Gasteiger partial charge on any atom is -0.494 e. The Kier molecular flexibility index (Phi) is 8.79. The van der Waals surface area contributed by atoms with Gasteiger partial charge < -0.3 is 14.2 Å². The third-order valence-corrected chi connectivity index (χ3v) is 3.93. The quantitative estimate of drug-likeness (QED) is 0.238. The highest BCUT2D eigenvalue weighted by Crippen LogP contribution is 2.16. The fraction of sp³-hybridized carbons (Fsp3) is 0.304. The van der Waals surface area contributed by atoms with Crippen LogP contribution in [0.15, 0.2) is 66.7 Å². The SMILES string of the molecule is C=C(C)C(=O)OCCCCCCOc1ccc(C(=O)Oc2ccccc2)cc1. The molecule has 0 spiro atoms. The molecule has 2 aromatic carbocycles. The molecule has 0 bridgehead atoms. The molecule has 0 heterocycles. The number of hydrogen-bond donors (Lipinski definition) is 0. The second kappa shape index (κ2) is 11.6. The van der Waals surface area contributed by atoms with Crippen molar-refractivity contribution in [3.8, 4) is 11.5 Å². The number of hydrogen-bond acceptors (Lipinski definition) is 5. The predicted octanol–water partition coefficient (Wildman–Crippen LogP) is 4.96. The van der Waals surface area contributed by atoms with E-state index in [1.54, 1.807) is 43.3 Å². The molecule has 2 aromatic rings. The van der Waals surface area contributed by atoms with Crippen LogP contribution in [0.25, 0.3) is 0 Å². The topological polar surface area (TPSA) is 61.8 Å². The predicted molar refractivity (Wildman–Crippen MR) is 108 cm³/mol. The van der Waals surface area contributed by atoms with Crippen molar-refractivity contribution in [1.82, 2.24) is 0 Å². The maximum absolute atomic E-state index is 12.1. The number of rotatable bonds is 11. The highest BCUT2D eigenvalue weighted by molar-refractivity contribution is 5.91. The molecule has 148 valence electrons. The van der Waals surface area contributed by atoms with Crippen molar-refractivity contribution in [2.75, 3.05) is 13.2 Å². The number of esters is 2. The molecule has 28 heavy (non-hydrogen) atoms. The molecule has 0 aliphatic heterocycles. The van der Waals surface area contributed by atoms with Gasteiger partial charge in [-0.15, -0.1) is 0 Å². The Morgan fingerprint density at radius 1 is 0.821 bits per heavy atom. The zero-order valence-electron chi connectivity index (χ0n) is 16.2. The van der Waals surface area contributed by atoms with E-state index in [-0.39, 0.29) is 5.97 Å². The normalized spacial score (nSPS) is 10.2. The van der Waals surface area contributed by atoms with E-state index < -0.39 is 5.97 Å². The Balaban J connectivity index is 1.60. The zero-order chi connectivity index (χ0) is 20.2. The monoisotopic (exact) mass is 382 g/mol. The van der Waals surface area contributed by atoms with Gasteiger partial charge in [0.05, 0.1) is 18.8 Å². The summed E-state index contributed by atoms with van der Waals surface area (Å²) in [5, 5.41) is 0. The van der Waals surface area contributed by atoms with Crippen molar-refractivity contribution in [3.05, 3.63) is 72.3 Å². The molecule has 0 aromatic heterocycles. The lowest BCUT2D eigenvalue weighted by atomic mass is 10.2. The van der Waals surface area contributed by atoms with Gasteiger partial charge in [0.1, 0.15) is 11.5 Å². The Bertz CT molecular complexity index is 765. The van der Waals surface area contributed by atoms with E-state index in [2.05, 4.69) is 6.58 Å². The van der Waals surface area contributed by atoms with Crippen LogP contribution < -0.4 is 9.47 Å². The summed E-state index contributed by atoms with van der Waals surface area (Å²) in [5.41, 5.74) is 0.897. The second-order valence-electron chi connectivity index (χ2n) is 6.41. The van der Waals surface area contributed by atoms with Crippen molar-refractivity contribution in [2.45, 2.75) is 32.6 Å². The number of para-hydroxylation sites is 1. The third kappa shape index (κ3) is 7.66. The molecule has 0 atom stereocenters. The van der Waals surface area contributed by atoms with Crippen LogP contribution in [0, 0.1) is 0 Å². The van der Waals surface area contributed by atoms with Crippen LogP contribution in [0.5, 0.6) is 11.5 Å². The number of carbonyl (C=O) groups is 2. The summed E-state index contributed by atoms with van der Waals surface area (Å²) in [5.74, 6) is 0.499. The van der Waals surface area contributed by atoms with E-state index >= 15 is 0 Å². The minimum absolute atomic E-state index is 0.334. The van der Waals surface area contributed by atoms with E-state index in [1.165, 1.54) is 0 Å². The molecule has 0 unspecified atom stereocenters. The molecule has 5 heteroatoms. The van der Waals surface area contributed by atoms with Crippen molar-refractivity contribution in [2.24, 2.45) is 0 Å². The van der Waals surface area contributed by atoms with Gasteiger partial charge in [0.25, 0.3) is 0 Å². The average Bonchev–Trinajstić information content (AvgIpc) is 2.70. The van der Waals surface area contributed by atoms with E-state index in [4.69, 9.17) is 14.2 Å². The Morgan fingerprint density at radius 3 is 2.11 bits per heavy atom. The molecule has 0 N–H and O–H groups in total. The van der Waals surface area contributed by atoms with Crippen molar-refractivity contribution in [1.29, 1.82) is 0 Å². The molecule has 0 saturated carbocycles. The maximum Gasteiger partial charge on any atom is 0.343 e. The van der Waals surface area contributed by atoms with Gasteiger partial charge in [0.2, 0.25) is 0 Å². The Labute approximate surface area is 165 Å². The summed E-state index contributed by atoms with van der Waals surface area (Å²) in [4.78, 5) is 23.3. The summed E-state index contributed by atoms with van der Waals surface area (Å²) in [6, 6.07) is 15.9. The van der Waals surface area contributed by atoms with E-state index in [1.807, 2.05) is 18.2 Å². The Morgan fingerprint density at radius 2 is 1.46 bits per heavy atom. The van der Waals surface area contributed by atoms with Crippen molar-refractivity contribution in [3.63, 3.8) is 0 Å². The molecule has 5 nitrogen and oxygen atoms in total. The first kappa shape index (κ1) is 21.2. The second-order valence-corrected chi connectivity index (χ2v) is 6.41. The van der Waals surface area contributed by atoms with Crippen LogP contribution in [-0.4, -0.2) is 25.2 Å². The van der Waals surface area contributed by atoms with Crippen LogP contribution in [0.3, 0.4) is 0 Å². The van der Waals surface area contributed by atoms with Crippen LogP contribution in [0.4, 0.5) is 0 Å². The van der Waals surface area contributed by atoms with Gasteiger partial charge in [-0.3, -0.25) is 0 Å². The summed E-state index contributed by atoms with van der Waals surface area (Å²) in [7, 11) is 0. The fourth-order valence-electron chi connectivity index (χ4n) is 2.38. The van der Waals surface area contributed by atoms with E-state index in [0.717, 1.165) is 25.7 Å². The first-order valence-corrected chi connectivity index (χ1v) is 9.39. The van der Waals surface area contributed by atoms with Gasteiger partial charge in [-0.25, -0.2) is 9.59 Å². The van der Waals surface area contributed by atoms with Crippen LogP contribution in [0.2, 0.25) is 0 Å². The van der Waals surface area contributed by atoms with Gasteiger partial charge in [-0.1, -0.05) is 24.8 Å². The molecule has 0 aliphatic rings. The number of ether oxygens (including phenoxy) is 3. The summed E-state index contributed by atoms with van der Waals surface area (Å²) in [6.07, 6.45) is 3.70. The number of benzene rings is 2. The van der Waals surface area contributed by atoms with Crippen molar-refractivity contribution >= 4 is 11.9 Å². The van der Waals surface area contributed by atoms with Gasteiger partial charge in [0.15, 0.2) is 0 Å². The standard InChI is InChI=1S/C23H26O5/c1-18(2)22(24)27-17-9-4-3-8-16-26-20-14-12-19(13-15-20)23(25)28-21-10-6-5-7-11-21/h5-7,10-15H,1,3-4,8-9,16-17H2,2H3. The molecule has 0 radical (unpaired) electrons. The third-order valence-electron chi connectivity index (χ3n) is 3.93. The molecule has 0 saturated heterocycles. The van der Waals surface area contributed by atoms with E-state index in [0.29, 0.717) is 35.8 Å². The van der Waals surface area contributed by atoms with Crippen LogP contribution in [-0.2, 0) is 9.53 Å². The largest absolute Gasteiger partial charge is 0.494 e. The van der Waals surface area contributed by atoms with Gasteiger partial charge in [0, 0.05) is 5.57 Å². The van der Waals surface area contributed by atoms with Crippen molar-refractivity contribution < 1.29 is 23.8 Å². The number of unbranched alkanes of at least 4 members (excludes halogenated alkanes) is 3. The van der Waals surface area contributed by atoms with Crippen LogP contribution in [0.1, 0.15) is 43.0 Å². The summed E-state index contributed by atoms with van der Waals surface area (Å²) in [6.45, 7) is 6.20. The summed E-state index contributed by atoms with van der Waals surface area (Å²) >= 11 is 0. The number of carbonyl (C=O) groups excluding carboxylic acids is 2. The molecular formula is C23H26O5. The van der Waals surface area contributed by atoms with Gasteiger partial charge >= 0.3 is 11.9 Å².